The summed E-state index contributed by atoms with van der Waals surface area (Å²) < 4.78 is 0. The minimum Gasteiger partial charge on any atom is -0.337 e. The zero-order valence-corrected chi connectivity index (χ0v) is 13.0. The number of thiophene rings is 1. The minimum absolute atomic E-state index is 0.137. The van der Waals surface area contributed by atoms with Gasteiger partial charge in [0.2, 0.25) is 0 Å². The lowest BCUT2D eigenvalue weighted by molar-refractivity contribution is 0.0684. The summed E-state index contributed by atoms with van der Waals surface area (Å²) in [4.78, 5) is 15.4. The van der Waals surface area contributed by atoms with Crippen molar-refractivity contribution in [1.82, 2.24) is 10.2 Å². The Morgan fingerprint density at radius 1 is 1.24 bits per heavy atom. The van der Waals surface area contributed by atoms with Gasteiger partial charge in [0, 0.05) is 25.6 Å². The minimum atomic E-state index is 0.137. The number of nitrogens with zero attached hydrogens (tertiary/aromatic N) is 1. The van der Waals surface area contributed by atoms with Gasteiger partial charge in [-0.25, -0.2) is 0 Å². The Morgan fingerprint density at radius 2 is 2.05 bits per heavy atom. The molecule has 110 valence electrons. The van der Waals surface area contributed by atoms with E-state index in [-0.39, 0.29) is 11.9 Å². The van der Waals surface area contributed by atoms with Crippen LogP contribution in [-0.2, 0) is 0 Å². The van der Waals surface area contributed by atoms with Gasteiger partial charge >= 0.3 is 0 Å². The molecule has 1 aliphatic heterocycles. The highest BCUT2D eigenvalue weighted by molar-refractivity contribution is 7.12. The first-order valence-corrected chi connectivity index (χ1v) is 8.21. The molecule has 3 rings (SSSR count). The predicted octanol–water partition coefficient (Wildman–Crippen LogP) is 2.97. The lowest BCUT2D eigenvalue weighted by Crippen LogP contribution is -2.48. The maximum absolute atomic E-state index is 12.6. The van der Waals surface area contributed by atoms with Gasteiger partial charge in [0.25, 0.3) is 5.91 Å². The van der Waals surface area contributed by atoms with E-state index in [0.29, 0.717) is 5.92 Å². The highest BCUT2D eigenvalue weighted by atomic mass is 32.1. The standard InChI is InChI=1S/C17H20N2OS/c1-19(17(20)16-8-5-11-21-16)15-9-10-18-12-14(15)13-6-3-2-4-7-13/h2-8,11,14-15,18H,9-10,12H2,1H3. The quantitative estimate of drug-likeness (QED) is 0.945. The van der Waals surface area contributed by atoms with Crippen LogP contribution >= 0.6 is 11.3 Å². The van der Waals surface area contributed by atoms with Gasteiger partial charge in [-0.3, -0.25) is 4.79 Å². The van der Waals surface area contributed by atoms with Crippen molar-refractivity contribution < 1.29 is 4.79 Å². The Labute approximate surface area is 129 Å². The number of hydrogen-bond acceptors (Lipinski definition) is 3. The van der Waals surface area contributed by atoms with Gasteiger partial charge in [-0.1, -0.05) is 36.4 Å². The molecule has 1 aromatic carbocycles. The van der Waals surface area contributed by atoms with E-state index in [4.69, 9.17) is 0 Å². The van der Waals surface area contributed by atoms with Crippen LogP contribution in [0.3, 0.4) is 0 Å². The third-order valence-corrected chi connectivity index (χ3v) is 5.08. The molecule has 2 aromatic rings. The average molecular weight is 300 g/mol. The van der Waals surface area contributed by atoms with Gasteiger partial charge in [0.15, 0.2) is 0 Å². The third-order valence-electron chi connectivity index (χ3n) is 4.22. The van der Waals surface area contributed by atoms with Gasteiger partial charge in [-0.2, -0.15) is 0 Å². The molecular formula is C17H20N2OS. The smallest absolute Gasteiger partial charge is 0.263 e. The van der Waals surface area contributed by atoms with Crippen LogP contribution in [-0.4, -0.2) is 37.0 Å². The fraction of sp³-hybridized carbons (Fsp3) is 0.353. The maximum atomic E-state index is 12.6. The molecule has 1 N–H and O–H groups in total. The summed E-state index contributed by atoms with van der Waals surface area (Å²) >= 11 is 1.51. The molecule has 0 spiro atoms. The van der Waals surface area contributed by atoms with Crippen LogP contribution in [0.15, 0.2) is 47.8 Å². The Kier molecular flexibility index (Phi) is 4.36. The van der Waals surface area contributed by atoms with Crippen molar-refractivity contribution in [3.63, 3.8) is 0 Å². The highest BCUT2D eigenvalue weighted by Gasteiger charge is 2.32. The molecule has 1 aromatic heterocycles. The van der Waals surface area contributed by atoms with Gasteiger partial charge < -0.3 is 10.2 Å². The van der Waals surface area contributed by atoms with Crippen LogP contribution < -0.4 is 5.32 Å². The van der Waals surface area contributed by atoms with Crippen LogP contribution in [0.2, 0.25) is 0 Å². The molecule has 21 heavy (non-hydrogen) atoms. The maximum Gasteiger partial charge on any atom is 0.263 e. The van der Waals surface area contributed by atoms with Crippen molar-refractivity contribution in [2.45, 2.75) is 18.4 Å². The second-order valence-corrected chi connectivity index (χ2v) is 6.42. The van der Waals surface area contributed by atoms with E-state index >= 15 is 0 Å². The van der Waals surface area contributed by atoms with E-state index in [1.807, 2.05) is 35.5 Å². The van der Waals surface area contributed by atoms with Crippen molar-refractivity contribution >= 4 is 17.2 Å². The third kappa shape index (κ3) is 3.01. The van der Waals surface area contributed by atoms with E-state index in [1.165, 1.54) is 16.9 Å². The number of likely N-dealkylation sites (N-methyl/N-ethyl adjacent to an activating group) is 1. The summed E-state index contributed by atoms with van der Waals surface area (Å²) in [6.07, 6.45) is 0.993. The first-order chi connectivity index (χ1) is 10.3. The SMILES string of the molecule is CN(C(=O)c1cccs1)C1CCNCC1c1ccccc1. The molecule has 0 radical (unpaired) electrons. The second-order valence-electron chi connectivity index (χ2n) is 5.47. The summed E-state index contributed by atoms with van der Waals surface area (Å²) in [5.74, 6) is 0.492. The van der Waals surface area contributed by atoms with Gasteiger partial charge in [0.1, 0.15) is 0 Å². The molecule has 3 nitrogen and oxygen atoms in total. The normalized spacial score (nSPS) is 22.0. The number of piperidine rings is 1. The van der Waals surface area contributed by atoms with E-state index < -0.39 is 0 Å². The molecular weight excluding hydrogens is 280 g/mol. The number of rotatable bonds is 3. The van der Waals surface area contributed by atoms with Crippen LogP contribution in [0.1, 0.15) is 27.6 Å². The Bertz CT molecular complexity index is 582. The van der Waals surface area contributed by atoms with E-state index in [1.54, 1.807) is 0 Å². The number of carbonyl (C=O) groups excluding carboxylic acids is 1. The number of carbonyl (C=O) groups is 1. The largest absolute Gasteiger partial charge is 0.337 e. The van der Waals surface area contributed by atoms with Crippen molar-refractivity contribution in [2.24, 2.45) is 0 Å². The molecule has 0 bridgehead atoms. The first kappa shape index (κ1) is 14.3. The average Bonchev–Trinajstić information content (AvgIpc) is 3.09. The molecule has 2 atom stereocenters. The number of amides is 1. The van der Waals surface area contributed by atoms with E-state index in [9.17, 15) is 4.79 Å². The molecule has 2 unspecified atom stereocenters. The lowest BCUT2D eigenvalue weighted by atomic mass is 9.86. The Balaban J connectivity index is 1.82. The van der Waals surface area contributed by atoms with Gasteiger partial charge in [-0.05, 0) is 30.0 Å². The monoisotopic (exact) mass is 300 g/mol. The van der Waals surface area contributed by atoms with Crippen molar-refractivity contribution in [1.29, 1.82) is 0 Å². The fourth-order valence-corrected chi connectivity index (χ4v) is 3.78. The number of benzene rings is 1. The molecule has 1 saturated heterocycles. The summed E-state index contributed by atoms with van der Waals surface area (Å²) in [6.45, 7) is 1.90. The van der Waals surface area contributed by atoms with E-state index in [2.05, 4.69) is 29.6 Å². The van der Waals surface area contributed by atoms with E-state index in [0.717, 1.165) is 24.4 Å². The molecule has 1 fully saturated rings. The summed E-state index contributed by atoms with van der Waals surface area (Å²) in [6, 6.07) is 14.6. The zero-order chi connectivity index (χ0) is 14.7. The number of hydrogen-bond donors (Lipinski definition) is 1. The topological polar surface area (TPSA) is 32.3 Å². The fourth-order valence-electron chi connectivity index (χ4n) is 3.07. The van der Waals surface area contributed by atoms with Gasteiger partial charge in [-0.15, -0.1) is 11.3 Å². The first-order valence-electron chi connectivity index (χ1n) is 7.33. The highest BCUT2D eigenvalue weighted by Crippen LogP contribution is 2.28. The van der Waals surface area contributed by atoms with Crippen molar-refractivity contribution in [3.8, 4) is 0 Å². The molecule has 2 heterocycles. The van der Waals surface area contributed by atoms with Crippen molar-refractivity contribution in [3.05, 3.63) is 58.3 Å². The van der Waals surface area contributed by atoms with Gasteiger partial charge in [0.05, 0.1) is 4.88 Å². The van der Waals surface area contributed by atoms with Crippen LogP contribution in [0.25, 0.3) is 0 Å². The lowest BCUT2D eigenvalue weighted by Gasteiger charge is -2.38. The number of nitrogens with one attached hydrogen (secondary N) is 1. The van der Waals surface area contributed by atoms with Crippen molar-refractivity contribution in [2.75, 3.05) is 20.1 Å². The van der Waals surface area contributed by atoms with Crippen LogP contribution in [0.5, 0.6) is 0 Å². The molecule has 0 saturated carbocycles. The summed E-state index contributed by atoms with van der Waals surface area (Å²) in [5, 5.41) is 5.41. The summed E-state index contributed by atoms with van der Waals surface area (Å²) in [5.41, 5.74) is 1.31. The molecule has 1 amide bonds. The zero-order valence-electron chi connectivity index (χ0n) is 12.2. The Morgan fingerprint density at radius 3 is 2.76 bits per heavy atom. The second kappa shape index (κ2) is 6.41. The molecule has 4 heteroatoms. The van der Waals surface area contributed by atoms with Crippen LogP contribution in [0, 0.1) is 0 Å². The molecule has 0 aliphatic carbocycles. The summed E-state index contributed by atoms with van der Waals surface area (Å²) in [7, 11) is 1.94. The molecule has 1 aliphatic rings. The predicted molar refractivity (Wildman–Crippen MR) is 86.9 cm³/mol. The Hall–Kier alpha value is -1.65. The van der Waals surface area contributed by atoms with Crippen LogP contribution in [0.4, 0.5) is 0 Å².